The number of hydrogen-bond donors (Lipinski definition) is 0. The highest BCUT2D eigenvalue weighted by molar-refractivity contribution is 7.11. The zero-order valence-electron chi connectivity index (χ0n) is 18.7. The molecule has 3 heterocycles. The summed E-state index contributed by atoms with van der Waals surface area (Å²) in [6, 6.07) is 17.0. The predicted molar refractivity (Wildman–Crippen MR) is 128 cm³/mol. The van der Waals surface area contributed by atoms with Crippen molar-refractivity contribution in [1.82, 2.24) is 9.88 Å². The number of hydrogen-bond acceptors (Lipinski definition) is 6. The Morgan fingerprint density at radius 1 is 1.06 bits per heavy atom. The number of benzene rings is 1. The maximum absolute atomic E-state index is 13.5. The number of thiophene rings is 1. The first-order valence-electron chi connectivity index (χ1n) is 10.8. The Hall–Kier alpha value is -3.58. The molecule has 0 aliphatic carbocycles. The van der Waals surface area contributed by atoms with Gasteiger partial charge in [-0.3, -0.25) is 9.78 Å². The molecule has 0 aliphatic heterocycles. The summed E-state index contributed by atoms with van der Waals surface area (Å²) in [6.07, 6.45) is 5.10. The molecule has 1 aromatic carbocycles. The molecule has 0 spiro atoms. The Morgan fingerprint density at radius 3 is 2.67 bits per heavy atom. The highest BCUT2D eigenvalue weighted by Gasteiger charge is 2.20. The molecule has 33 heavy (non-hydrogen) atoms. The maximum atomic E-state index is 13.5. The second kappa shape index (κ2) is 10.8. The SMILES string of the molecule is CCOc1cc(C(=O)N(Cc2ccco2)Cc2ccc(C)s2)ccc1OCc1cccnc1. The number of aryl methyl sites for hydroxylation is 1. The summed E-state index contributed by atoms with van der Waals surface area (Å²) in [7, 11) is 0. The third-order valence-electron chi connectivity index (χ3n) is 4.96. The summed E-state index contributed by atoms with van der Waals surface area (Å²) >= 11 is 1.69. The first kappa shape index (κ1) is 22.6. The van der Waals surface area contributed by atoms with Crippen molar-refractivity contribution < 1.29 is 18.7 Å². The zero-order chi connectivity index (χ0) is 23.0. The predicted octanol–water partition coefficient (Wildman–Crippen LogP) is 5.86. The number of aromatic nitrogens is 1. The number of amides is 1. The molecular formula is C26H26N2O4S. The maximum Gasteiger partial charge on any atom is 0.254 e. The van der Waals surface area contributed by atoms with E-state index in [-0.39, 0.29) is 5.91 Å². The molecule has 0 aliphatic rings. The summed E-state index contributed by atoms with van der Waals surface area (Å²) in [5, 5.41) is 0. The molecule has 4 rings (SSSR count). The average molecular weight is 463 g/mol. The highest BCUT2D eigenvalue weighted by Crippen LogP contribution is 2.30. The monoisotopic (exact) mass is 462 g/mol. The number of pyridine rings is 1. The van der Waals surface area contributed by atoms with Gasteiger partial charge in [-0.2, -0.15) is 0 Å². The van der Waals surface area contributed by atoms with Crippen LogP contribution in [0.15, 0.2) is 77.7 Å². The van der Waals surface area contributed by atoms with Gasteiger partial charge in [0.1, 0.15) is 12.4 Å². The van der Waals surface area contributed by atoms with Crippen LogP contribution in [-0.2, 0) is 19.7 Å². The second-order valence-electron chi connectivity index (χ2n) is 7.50. The number of carbonyl (C=O) groups excluding carboxylic acids is 1. The van der Waals surface area contributed by atoms with Crippen LogP contribution in [0.4, 0.5) is 0 Å². The van der Waals surface area contributed by atoms with E-state index in [0.717, 1.165) is 16.2 Å². The summed E-state index contributed by atoms with van der Waals surface area (Å²) in [5.41, 5.74) is 1.49. The van der Waals surface area contributed by atoms with E-state index in [0.29, 0.717) is 43.4 Å². The summed E-state index contributed by atoms with van der Waals surface area (Å²) < 4.78 is 17.3. The van der Waals surface area contributed by atoms with Crippen molar-refractivity contribution in [3.05, 3.63) is 99.9 Å². The van der Waals surface area contributed by atoms with Crippen LogP contribution in [0.5, 0.6) is 11.5 Å². The number of nitrogens with zero attached hydrogens (tertiary/aromatic N) is 2. The lowest BCUT2D eigenvalue weighted by molar-refractivity contribution is 0.0719. The van der Waals surface area contributed by atoms with E-state index in [9.17, 15) is 4.79 Å². The largest absolute Gasteiger partial charge is 0.490 e. The molecule has 170 valence electrons. The molecule has 0 saturated carbocycles. The molecule has 7 heteroatoms. The van der Waals surface area contributed by atoms with Gasteiger partial charge in [-0.25, -0.2) is 0 Å². The minimum atomic E-state index is -0.0998. The van der Waals surface area contributed by atoms with Gasteiger partial charge >= 0.3 is 0 Å². The lowest BCUT2D eigenvalue weighted by Crippen LogP contribution is -2.29. The third kappa shape index (κ3) is 6.02. The van der Waals surface area contributed by atoms with E-state index in [1.165, 1.54) is 4.88 Å². The van der Waals surface area contributed by atoms with Gasteiger partial charge in [-0.15, -0.1) is 11.3 Å². The molecule has 0 unspecified atom stereocenters. The Labute approximate surface area is 197 Å². The molecule has 0 radical (unpaired) electrons. The highest BCUT2D eigenvalue weighted by atomic mass is 32.1. The van der Waals surface area contributed by atoms with Crippen LogP contribution in [-0.4, -0.2) is 22.4 Å². The van der Waals surface area contributed by atoms with Crippen LogP contribution in [0.1, 0.15) is 38.4 Å². The van der Waals surface area contributed by atoms with Crippen LogP contribution >= 0.6 is 11.3 Å². The lowest BCUT2D eigenvalue weighted by atomic mass is 10.1. The van der Waals surface area contributed by atoms with Crippen LogP contribution in [0, 0.1) is 6.92 Å². The first-order valence-corrected chi connectivity index (χ1v) is 11.6. The van der Waals surface area contributed by atoms with Crippen molar-refractivity contribution in [3.63, 3.8) is 0 Å². The molecule has 0 fully saturated rings. The van der Waals surface area contributed by atoms with E-state index >= 15 is 0 Å². The molecule has 3 aromatic heterocycles. The Morgan fingerprint density at radius 2 is 1.97 bits per heavy atom. The van der Waals surface area contributed by atoms with Gasteiger partial charge in [0.2, 0.25) is 0 Å². The normalized spacial score (nSPS) is 10.7. The van der Waals surface area contributed by atoms with Gasteiger partial charge < -0.3 is 18.8 Å². The third-order valence-corrected chi connectivity index (χ3v) is 5.95. The first-order chi connectivity index (χ1) is 16.1. The quantitative estimate of drug-likeness (QED) is 0.295. The van der Waals surface area contributed by atoms with Crippen molar-refractivity contribution in [3.8, 4) is 11.5 Å². The van der Waals surface area contributed by atoms with Crippen molar-refractivity contribution in [2.24, 2.45) is 0 Å². The topological polar surface area (TPSA) is 64.8 Å². The fraction of sp³-hybridized carbons (Fsp3) is 0.231. The number of ether oxygens (including phenoxy) is 2. The van der Waals surface area contributed by atoms with Crippen molar-refractivity contribution in [2.45, 2.75) is 33.5 Å². The Bertz CT molecular complexity index is 1170. The van der Waals surface area contributed by atoms with E-state index in [4.69, 9.17) is 13.9 Å². The summed E-state index contributed by atoms with van der Waals surface area (Å²) in [4.78, 5) is 21.7. The fourth-order valence-electron chi connectivity index (χ4n) is 3.40. The van der Waals surface area contributed by atoms with Gasteiger partial charge in [0, 0.05) is 33.3 Å². The Balaban J connectivity index is 1.55. The van der Waals surface area contributed by atoms with Crippen molar-refractivity contribution >= 4 is 17.2 Å². The Kier molecular flexibility index (Phi) is 7.42. The van der Waals surface area contributed by atoms with Gasteiger partial charge in [0.05, 0.1) is 26.0 Å². The van der Waals surface area contributed by atoms with Gasteiger partial charge in [-0.1, -0.05) is 6.07 Å². The van der Waals surface area contributed by atoms with Gasteiger partial charge in [-0.05, 0) is 62.4 Å². The summed E-state index contributed by atoms with van der Waals surface area (Å²) in [6.45, 7) is 5.68. The summed E-state index contributed by atoms with van der Waals surface area (Å²) in [5.74, 6) is 1.76. The van der Waals surface area contributed by atoms with E-state index in [2.05, 4.69) is 24.0 Å². The average Bonchev–Trinajstić information content (AvgIpc) is 3.50. The number of rotatable bonds is 10. The fourth-order valence-corrected chi connectivity index (χ4v) is 4.31. The van der Waals surface area contributed by atoms with E-state index in [1.807, 2.05) is 31.2 Å². The van der Waals surface area contributed by atoms with Crippen LogP contribution < -0.4 is 9.47 Å². The second-order valence-corrected chi connectivity index (χ2v) is 8.87. The molecular weight excluding hydrogens is 436 g/mol. The number of carbonyl (C=O) groups is 1. The van der Waals surface area contributed by atoms with Crippen molar-refractivity contribution in [1.29, 1.82) is 0 Å². The molecule has 0 saturated heterocycles. The molecule has 0 atom stereocenters. The van der Waals surface area contributed by atoms with Gasteiger partial charge in [0.25, 0.3) is 5.91 Å². The molecule has 4 aromatic rings. The van der Waals surface area contributed by atoms with E-state index in [1.54, 1.807) is 53.1 Å². The minimum absolute atomic E-state index is 0.0998. The standard InChI is InChI=1S/C26H26N2O4S/c1-3-30-25-14-21(9-11-24(25)32-18-20-6-4-12-27-15-20)26(29)28(16-22-7-5-13-31-22)17-23-10-8-19(2)33-23/h4-15H,3,16-18H2,1-2H3. The van der Waals surface area contributed by atoms with Crippen LogP contribution in [0.3, 0.4) is 0 Å². The van der Waals surface area contributed by atoms with Crippen molar-refractivity contribution in [2.75, 3.05) is 6.61 Å². The smallest absolute Gasteiger partial charge is 0.254 e. The number of furan rings is 1. The molecule has 6 nitrogen and oxygen atoms in total. The van der Waals surface area contributed by atoms with Crippen LogP contribution in [0.25, 0.3) is 0 Å². The van der Waals surface area contributed by atoms with Gasteiger partial charge in [0.15, 0.2) is 11.5 Å². The molecule has 0 N–H and O–H groups in total. The molecule has 1 amide bonds. The lowest BCUT2D eigenvalue weighted by Gasteiger charge is -2.22. The van der Waals surface area contributed by atoms with E-state index < -0.39 is 0 Å². The zero-order valence-corrected chi connectivity index (χ0v) is 19.5. The molecule has 0 bridgehead atoms. The van der Waals surface area contributed by atoms with Crippen LogP contribution in [0.2, 0.25) is 0 Å². The minimum Gasteiger partial charge on any atom is -0.490 e.